The molecule has 0 aromatic heterocycles. The average Bonchev–Trinajstić information content (AvgIpc) is 2.00. The van der Waals surface area contributed by atoms with Gasteiger partial charge < -0.3 is 4.74 Å². The molecule has 0 heterocycles. The minimum absolute atomic E-state index is 1.83. The third-order valence-corrected chi connectivity index (χ3v) is 1.33. The molecule has 0 aliphatic rings. The van der Waals surface area contributed by atoms with E-state index in [1.54, 1.807) is 0 Å². The van der Waals surface area contributed by atoms with Gasteiger partial charge in [0.2, 0.25) is 0 Å². The molecule has 0 aliphatic carbocycles. The Kier molecular flexibility index (Phi) is 4.48. The molecular formula is C6H5F9O. The van der Waals surface area contributed by atoms with E-state index in [0.717, 1.165) is 0 Å². The fraction of sp³-hybridized carbons (Fsp3) is 1.00. The van der Waals surface area contributed by atoms with Gasteiger partial charge in [-0.3, -0.25) is 0 Å². The smallest absolute Gasteiger partial charge is 0.315 e. The number of halogens is 9. The predicted molar refractivity (Wildman–Crippen MR) is 32.5 cm³/mol. The van der Waals surface area contributed by atoms with E-state index in [0.29, 0.717) is 0 Å². The molecule has 0 N–H and O–H groups in total. The monoisotopic (exact) mass is 264 g/mol. The highest BCUT2D eigenvalue weighted by atomic mass is 19.4. The zero-order valence-electron chi connectivity index (χ0n) is 7.30. The van der Waals surface area contributed by atoms with Crippen LogP contribution in [0.15, 0.2) is 0 Å². The highest BCUT2D eigenvalue weighted by molar-refractivity contribution is 4.79. The fourth-order valence-corrected chi connectivity index (χ4v) is 0.518. The zero-order chi connectivity index (χ0) is 13.2. The van der Waals surface area contributed by atoms with E-state index >= 15 is 0 Å². The van der Waals surface area contributed by atoms with Crippen molar-refractivity contribution in [2.24, 2.45) is 0 Å². The Bertz CT molecular complexity index is 221. The van der Waals surface area contributed by atoms with E-state index in [2.05, 4.69) is 4.74 Å². The van der Waals surface area contributed by atoms with Crippen LogP contribution in [-0.2, 0) is 4.74 Å². The Morgan fingerprint density at radius 3 is 1.62 bits per heavy atom. The number of ether oxygens (including phenoxy) is 1. The van der Waals surface area contributed by atoms with Crippen LogP contribution < -0.4 is 0 Å². The maximum Gasteiger partial charge on any atom is 0.425 e. The third-order valence-electron chi connectivity index (χ3n) is 1.33. The molecule has 0 saturated heterocycles. The second-order valence-corrected chi connectivity index (χ2v) is 2.65. The summed E-state index contributed by atoms with van der Waals surface area (Å²) in [5, 5.41) is 0. The van der Waals surface area contributed by atoms with Crippen molar-refractivity contribution < 1.29 is 44.3 Å². The summed E-state index contributed by atoms with van der Waals surface area (Å²) >= 11 is 0. The lowest BCUT2D eigenvalue weighted by molar-refractivity contribution is -0.376. The van der Waals surface area contributed by atoms with Crippen molar-refractivity contribution in [2.45, 2.75) is 31.1 Å². The Hall–Kier alpha value is -0.670. The lowest BCUT2D eigenvalue weighted by atomic mass is 10.3. The van der Waals surface area contributed by atoms with E-state index in [9.17, 15) is 39.5 Å². The van der Waals surface area contributed by atoms with Crippen LogP contribution in [0, 0.1) is 0 Å². The van der Waals surface area contributed by atoms with Gasteiger partial charge in [-0.25, -0.2) is 8.78 Å². The van der Waals surface area contributed by atoms with Gasteiger partial charge in [0.05, 0.1) is 13.0 Å². The summed E-state index contributed by atoms with van der Waals surface area (Å²) < 4.78 is 108. The summed E-state index contributed by atoms with van der Waals surface area (Å²) in [5.41, 5.74) is 0. The molecule has 0 rings (SSSR count). The number of rotatable bonds is 5. The molecule has 0 unspecified atom stereocenters. The SMILES string of the molecule is FC(F)C(F)(F)C(F)(F)OCCC(F)(F)F. The molecular weight excluding hydrogens is 259 g/mol. The van der Waals surface area contributed by atoms with Crippen LogP contribution in [0.5, 0.6) is 0 Å². The van der Waals surface area contributed by atoms with Crippen LogP contribution in [0.4, 0.5) is 39.5 Å². The molecule has 0 atom stereocenters. The Balaban J connectivity index is 4.36. The molecule has 0 radical (unpaired) electrons. The lowest BCUT2D eigenvalue weighted by Gasteiger charge is -2.25. The third kappa shape index (κ3) is 4.06. The summed E-state index contributed by atoms with van der Waals surface area (Å²) in [6, 6.07) is 0. The molecule has 10 heteroatoms. The molecule has 16 heavy (non-hydrogen) atoms. The normalized spacial score (nSPS) is 14.6. The van der Waals surface area contributed by atoms with Gasteiger partial charge >= 0.3 is 24.6 Å². The molecule has 0 amide bonds. The van der Waals surface area contributed by atoms with Crippen LogP contribution in [0.25, 0.3) is 0 Å². The summed E-state index contributed by atoms with van der Waals surface area (Å²) in [5.74, 6) is -5.83. The molecule has 98 valence electrons. The van der Waals surface area contributed by atoms with Crippen LogP contribution >= 0.6 is 0 Å². The van der Waals surface area contributed by atoms with E-state index in [1.807, 2.05) is 0 Å². The highest BCUT2D eigenvalue weighted by Crippen LogP contribution is 2.40. The summed E-state index contributed by atoms with van der Waals surface area (Å²) in [6.07, 6.45) is -17.2. The molecule has 0 aromatic rings. The van der Waals surface area contributed by atoms with Crippen molar-refractivity contribution in [3.63, 3.8) is 0 Å². The first kappa shape index (κ1) is 15.3. The first-order chi connectivity index (χ1) is 6.90. The standard InChI is InChI=1S/C6H5F9O/c7-3(8)5(12,13)6(14,15)16-2-1-4(9,10)11/h3H,1-2H2. The molecule has 0 aromatic carbocycles. The van der Waals surface area contributed by atoms with Crippen molar-refractivity contribution in [3.8, 4) is 0 Å². The van der Waals surface area contributed by atoms with Crippen molar-refractivity contribution in [1.82, 2.24) is 0 Å². The predicted octanol–water partition coefficient (Wildman–Crippen LogP) is 3.45. The van der Waals surface area contributed by atoms with E-state index in [-0.39, 0.29) is 0 Å². The average molecular weight is 264 g/mol. The topological polar surface area (TPSA) is 9.23 Å². The molecule has 0 bridgehead atoms. The maximum absolute atomic E-state index is 12.2. The van der Waals surface area contributed by atoms with Crippen LogP contribution in [0.2, 0.25) is 0 Å². The summed E-state index contributed by atoms with van der Waals surface area (Å²) in [6.45, 7) is -1.83. The molecule has 0 aliphatic heterocycles. The maximum atomic E-state index is 12.2. The van der Waals surface area contributed by atoms with Gasteiger partial charge in [0.25, 0.3) is 0 Å². The van der Waals surface area contributed by atoms with Crippen molar-refractivity contribution in [2.75, 3.05) is 6.61 Å². The Morgan fingerprint density at radius 2 is 1.31 bits per heavy atom. The van der Waals surface area contributed by atoms with E-state index in [1.165, 1.54) is 0 Å². The van der Waals surface area contributed by atoms with Gasteiger partial charge in [0.15, 0.2) is 0 Å². The largest absolute Gasteiger partial charge is 0.425 e. The molecule has 0 fully saturated rings. The minimum Gasteiger partial charge on any atom is -0.315 e. The van der Waals surface area contributed by atoms with E-state index in [4.69, 9.17) is 0 Å². The summed E-state index contributed by atoms with van der Waals surface area (Å²) in [4.78, 5) is 0. The zero-order valence-corrected chi connectivity index (χ0v) is 7.30. The van der Waals surface area contributed by atoms with Crippen molar-refractivity contribution in [1.29, 1.82) is 0 Å². The van der Waals surface area contributed by atoms with Crippen LogP contribution in [0.3, 0.4) is 0 Å². The first-order valence-electron chi connectivity index (χ1n) is 3.64. The van der Waals surface area contributed by atoms with Crippen molar-refractivity contribution >= 4 is 0 Å². The number of hydrogen-bond donors (Lipinski definition) is 0. The Morgan fingerprint density at radius 1 is 0.875 bits per heavy atom. The second kappa shape index (κ2) is 4.68. The van der Waals surface area contributed by atoms with Gasteiger partial charge in [0, 0.05) is 0 Å². The first-order valence-corrected chi connectivity index (χ1v) is 3.64. The molecule has 0 saturated carbocycles. The van der Waals surface area contributed by atoms with E-state index < -0.39 is 37.7 Å². The summed E-state index contributed by atoms with van der Waals surface area (Å²) in [7, 11) is 0. The van der Waals surface area contributed by atoms with Gasteiger partial charge in [-0.05, 0) is 0 Å². The second-order valence-electron chi connectivity index (χ2n) is 2.65. The number of alkyl halides is 9. The van der Waals surface area contributed by atoms with Gasteiger partial charge in [-0.2, -0.15) is 30.7 Å². The fourth-order valence-electron chi connectivity index (χ4n) is 0.518. The van der Waals surface area contributed by atoms with Crippen molar-refractivity contribution in [3.05, 3.63) is 0 Å². The quantitative estimate of drug-likeness (QED) is 0.691. The minimum atomic E-state index is -5.83. The van der Waals surface area contributed by atoms with Crippen LogP contribution in [0.1, 0.15) is 6.42 Å². The molecule has 0 spiro atoms. The highest BCUT2D eigenvalue weighted by Gasteiger charge is 2.64. The molecule has 1 nitrogen and oxygen atoms in total. The van der Waals surface area contributed by atoms with Gasteiger partial charge in [-0.15, -0.1) is 0 Å². The van der Waals surface area contributed by atoms with Gasteiger partial charge in [-0.1, -0.05) is 0 Å². The number of hydrogen-bond acceptors (Lipinski definition) is 1. The lowest BCUT2D eigenvalue weighted by Crippen LogP contribution is -2.48. The Labute approximate surface area is 83.2 Å². The van der Waals surface area contributed by atoms with Crippen LogP contribution in [-0.4, -0.2) is 31.2 Å². The van der Waals surface area contributed by atoms with Gasteiger partial charge in [0.1, 0.15) is 0 Å².